The molecule has 1 heterocycles. The second kappa shape index (κ2) is 9.42. The van der Waals surface area contributed by atoms with Crippen molar-refractivity contribution in [1.82, 2.24) is 4.90 Å². The first-order chi connectivity index (χ1) is 12.1. The van der Waals surface area contributed by atoms with Crippen molar-refractivity contribution >= 4 is 17.5 Å². The second-order valence-corrected chi connectivity index (χ2v) is 6.38. The summed E-state index contributed by atoms with van der Waals surface area (Å²) in [4.78, 5) is 26.8. The van der Waals surface area contributed by atoms with Crippen molar-refractivity contribution in [2.45, 2.75) is 52.0 Å². The number of anilines is 1. The van der Waals surface area contributed by atoms with Gasteiger partial charge in [-0.2, -0.15) is 0 Å². The molecule has 2 amide bonds. The molecule has 2 rings (SSSR count). The molecule has 138 valence electrons. The zero-order chi connectivity index (χ0) is 18.2. The third kappa shape index (κ3) is 5.19. The maximum atomic E-state index is 12.7. The maximum absolute atomic E-state index is 12.7. The molecule has 25 heavy (non-hydrogen) atoms. The largest absolute Gasteiger partial charge is 0.492 e. The average molecular weight is 347 g/mol. The van der Waals surface area contributed by atoms with Crippen LogP contribution in [0.4, 0.5) is 5.69 Å². The van der Waals surface area contributed by atoms with Gasteiger partial charge >= 0.3 is 0 Å². The lowest BCUT2D eigenvalue weighted by Gasteiger charge is -2.27. The van der Waals surface area contributed by atoms with Crippen LogP contribution in [0.2, 0.25) is 0 Å². The van der Waals surface area contributed by atoms with Crippen LogP contribution in [-0.4, -0.2) is 42.5 Å². The second-order valence-electron chi connectivity index (χ2n) is 6.38. The fourth-order valence-electron chi connectivity index (χ4n) is 2.99. The van der Waals surface area contributed by atoms with E-state index >= 15 is 0 Å². The zero-order valence-electron chi connectivity index (χ0n) is 15.2. The molecule has 6 heteroatoms. The number of nitrogens with two attached hydrogens (primary N) is 1. The van der Waals surface area contributed by atoms with Crippen LogP contribution in [0.3, 0.4) is 0 Å². The van der Waals surface area contributed by atoms with Crippen molar-refractivity contribution < 1.29 is 14.3 Å². The Morgan fingerprint density at radius 3 is 2.60 bits per heavy atom. The van der Waals surface area contributed by atoms with E-state index in [1.54, 1.807) is 18.2 Å². The summed E-state index contributed by atoms with van der Waals surface area (Å²) in [6.07, 6.45) is 4.70. The molecule has 1 aromatic rings. The summed E-state index contributed by atoms with van der Waals surface area (Å²) >= 11 is 0. The average Bonchev–Trinajstić information content (AvgIpc) is 2.63. The van der Waals surface area contributed by atoms with Gasteiger partial charge in [0.05, 0.1) is 18.3 Å². The van der Waals surface area contributed by atoms with Crippen LogP contribution in [0.5, 0.6) is 5.75 Å². The number of hydrogen-bond acceptors (Lipinski definition) is 4. The number of rotatable bonds is 7. The van der Waals surface area contributed by atoms with Gasteiger partial charge in [-0.05, 0) is 50.8 Å². The van der Waals surface area contributed by atoms with Crippen molar-refractivity contribution in [3.63, 3.8) is 0 Å². The highest BCUT2D eigenvalue weighted by Crippen LogP contribution is 2.27. The quantitative estimate of drug-likeness (QED) is 0.794. The molecule has 1 saturated heterocycles. The number of ether oxygens (including phenoxy) is 1. The first kappa shape index (κ1) is 19.2. The number of nitrogens with zero attached hydrogens (tertiary/aromatic N) is 1. The van der Waals surface area contributed by atoms with Gasteiger partial charge in [0.1, 0.15) is 5.75 Å². The number of piperidine rings is 1. The zero-order valence-corrected chi connectivity index (χ0v) is 15.2. The number of nitrogens with one attached hydrogen (secondary N) is 1. The molecule has 0 saturated carbocycles. The maximum Gasteiger partial charge on any atom is 0.253 e. The molecule has 1 aliphatic heterocycles. The van der Waals surface area contributed by atoms with E-state index in [9.17, 15) is 9.59 Å². The van der Waals surface area contributed by atoms with E-state index in [1.165, 1.54) is 6.42 Å². The first-order valence-electron chi connectivity index (χ1n) is 9.19. The standard InChI is InChI=1S/C19H29N3O3/c1-3-8-15(20)18(23)21-16-13-14(9-10-17(16)25-4-2)19(24)22-11-6-5-7-12-22/h9-10,13,15H,3-8,11-12,20H2,1-2H3,(H,21,23). The van der Waals surface area contributed by atoms with Gasteiger partial charge in [0.2, 0.25) is 5.91 Å². The molecule has 1 fully saturated rings. The molecular formula is C19H29N3O3. The van der Waals surface area contributed by atoms with Gasteiger partial charge in [-0.1, -0.05) is 13.3 Å². The summed E-state index contributed by atoms with van der Waals surface area (Å²) in [5.41, 5.74) is 6.95. The SMILES string of the molecule is CCCC(N)C(=O)Nc1cc(C(=O)N2CCCCC2)ccc1OCC. The van der Waals surface area contributed by atoms with Crippen LogP contribution in [0, 0.1) is 0 Å². The summed E-state index contributed by atoms with van der Waals surface area (Å²) in [5, 5.41) is 2.82. The van der Waals surface area contributed by atoms with E-state index in [-0.39, 0.29) is 11.8 Å². The Balaban J connectivity index is 2.20. The fourth-order valence-corrected chi connectivity index (χ4v) is 2.99. The number of carbonyl (C=O) groups is 2. The summed E-state index contributed by atoms with van der Waals surface area (Å²) in [6, 6.07) is 4.62. The molecule has 1 aliphatic rings. The van der Waals surface area contributed by atoms with Gasteiger partial charge in [0, 0.05) is 18.7 Å². The third-order valence-electron chi connectivity index (χ3n) is 4.36. The van der Waals surface area contributed by atoms with E-state index in [0.29, 0.717) is 30.0 Å². The molecular weight excluding hydrogens is 318 g/mol. The molecule has 1 unspecified atom stereocenters. The van der Waals surface area contributed by atoms with Gasteiger partial charge < -0.3 is 20.7 Å². The van der Waals surface area contributed by atoms with E-state index in [4.69, 9.17) is 10.5 Å². The predicted molar refractivity (Wildman–Crippen MR) is 98.9 cm³/mol. The molecule has 0 bridgehead atoms. The van der Waals surface area contributed by atoms with Crippen molar-refractivity contribution in [3.8, 4) is 5.75 Å². The number of amides is 2. The molecule has 0 radical (unpaired) electrons. The number of carbonyl (C=O) groups excluding carboxylic acids is 2. The van der Waals surface area contributed by atoms with Crippen LogP contribution in [0.15, 0.2) is 18.2 Å². The van der Waals surface area contributed by atoms with E-state index in [2.05, 4.69) is 5.32 Å². The van der Waals surface area contributed by atoms with Crippen molar-refractivity contribution in [2.75, 3.05) is 25.0 Å². The number of hydrogen-bond donors (Lipinski definition) is 2. The van der Waals surface area contributed by atoms with E-state index in [1.807, 2.05) is 18.7 Å². The number of likely N-dealkylation sites (tertiary alicyclic amines) is 1. The highest BCUT2D eigenvalue weighted by molar-refractivity contribution is 5.99. The Morgan fingerprint density at radius 1 is 1.24 bits per heavy atom. The van der Waals surface area contributed by atoms with E-state index in [0.717, 1.165) is 32.4 Å². The lowest BCUT2D eigenvalue weighted by molar-refractivity contribution is -0.117. The summed E-state index contributed by atoms with van der Waals surface area (Å²) in [6.45, 7) is 5.91. The Hall–Kier alpha value is -2.08. The normalized spacial score (nSPS) is 15.6. The highest BCUT2D eigenvalue weighted by Gasteiger charge is 2.21. The van der Waals surface area contributed by atoms with Crippen LogP contribution in [0.25, 0.3) is 0 Å². The summed E-state index contributed by atoms with van der Waals surface area (Å²) in [7, 11) is 0. The minimum atomic E-state index is -0.569. The molecule has 1 aromatic carbocycles. The minimum absolute atomic E-state index is 0.00361. The van der Waals surface area contributed by atoms with Crippen LogP contribution in [-0.2, 0) is 4.79 Å². The minimum Gasteiger partial charge on any atom is -0.492 e. The lowest BCUT2D eigenvalue weighted by Crippen LogP contribution is -2.36. The topological polar surface area (TPSA) is 84.7 Å². The van der Waals surface area contributed by atoms with Crippen LogP contribution >= 0.6 is 0 Å². The molecule has 0 spiro atoms. The van der Waals surface area contributed by atoms with Gasteiger partial charge in [-0.25, -0.2) is 0 Å². The van der Waals surface area contributed by atoms with Crippen molar-refractivity contribution in [2.24, 2.45) is 5.73 Å². The van der Waals surface area contributed by atoms with Gasteiger partial charge in [0.25, 0.3) is 5.91 Å². The lowest BCUT2D eigenvalue weighted by atomic mass is 10.1. The van der Waals surface area contributed by atoms with Crippen molar-refractivity contribution in [3.05, 3.63) is 23.8 Å². The van der Waals surface area contributed by atoms with Gasteiger partial charge in [-0.15, -0.1) is 0 Å². The Kier molecular flexibility index (Phi) is 7.25. The Bertz CT molecular complexity index is 598. The molecule has 0 aliphatic carbocycles. The number of benzene rings is 1. The first-order valence-corrected chi connectivity index (χ1v) is 9.19. The molecule has 3 N–H and O–H groups in total. The third-order valence-corrected chi connectivity index (χ3v) is 4.36. The summed E-state index contributed by atoms with van der Waals surface area (Å²) < 4.78 is 5.58. The monoisotopic (exact) mass is 347 g/mol. The smallest absolute Gasteiger partial charge is 0.253 e. The summed E-state index contributed by atoms with van der Waals surface area (Å²) in [5.74, 6) is 0.288. The van der Waals surface area contributed by atoms with Crippen molar-refractivity contribution in [1.29, 1.82) is 0 Å². The Morgan fingerprint density at radius 2 is 1.96 bits per heavy atom. The van der Waals surface area contributed by atoms with Crippen LogP contribution < -0.4 is 15.8 Å². The van der Waals surface area contributed by atoms with Gasteiger partial charge in [-0.3, -0.25) is 9.59 Å². The predicted octanol–water partition coefficient (Wildman–Crippen LogP) is 2.78. The molecule has 0 aromatic heterocycles. The van der Waals surface area contributed by atoms with Gasteiger partial charge in [0.15, 0.2) is 0 Å². The molecule has 6 nitrogen and oxygen atoms in total. The highest BCUT2D eigenvalue weighted by atomic mass is 16.5. The Labute approximate surface area is 149 Å². The van der Waals surface area contributed by atoms with Crippen LogP contribution in [0.1, 0.15) is 56.3 Å². The van der Waals surface area contributed by atoms with E-state index < -0.39 is 6.04 Å². The molecule has 1 atom stereocenters. The fraction of sp³-hybridized carbons (Fsp3) is 0.579.